The molecule has 0 saturated heterocycles. The molecule has 2 aromatic carbocycles. The van der Waals surface area contributed by atoms with E-state index in [-0.39, 0.29) is 24.8 Å². The summed E-state index contributed by atoms with van der Waals surface area (Å²) in [7, 11) is 0. The molecule has 0 bridgehead atoms. The van der Waals surface area contributed by atoms with E-state index in [1.54, 1.807) is 57.2 Å². The number of alkyl carbamates (subject to hydrolysis) is 1. The predicted octanol–water partition coefficient (Wildman–Crippen LogP) is 4.10. The fraction of sp³-hybridized carbons (Fsp3) is 0.318. The summed E-state index contributed by atoms with van der Waals surface area (Å²) in [5.74, 6) is -0.559. The van der Waals surface area contributed by atoms with E-state index in [2.05, 4.69) is 16.0 Å². The van der Waals surface area contributed by atoms with Crippen LogP contribution in [0.25, 0.3) is 0 Å². The Labute approximate surface area is 170 Å². The minimum atomic E-state index is -0.596. The number of hydrogen-bond acceptors (Lipinski definition) is 4. The maximum absolute atomic E-state index is 12.4. The fourth-order valence-electron chi connectivity index (χ4n) is 2.41. The standard InChI is InChI=1S/C22H27N3O4/c1-15-9-11-16(12-10-15)20(27)25-18-8-6-5-7-17(18)24-19(26)13-14-23-21(28)29-22(2,3)4/h5-12H,13-14H2,1-4H3,(H,23,28)(H,24,26)(H,25,27). The van der Waals surface area contributed by atoms with Crippen molar-refractivity contribution in [3.8, 4) is 0 Å². The van der Waals surface area contributed by atoms with Crippen LogP contribution < -0.4 is 16.0 Å². The molecule has 3 amide bonds. The summed E-state index contributed by atoms with van der Waals surface area (Å²) in [6, 6.07) is 14.1. The molecular formula is C22H27N3O4. The number of hydrogen-bond donors (Lipinski definition) is 3. The lowest BCUT2D eigenvalue weighted by molar-refractivity contribution is -0.116. The molecule has 7 heteroatoms. The van der Waals surface area contributed by atoms with E-state index in [0.717, 1.165) is 5.56 Å². The number of ether oxygens (including phenoxy) is 1. The molecule has 2 rings (SSSR count). The summed E-state index contributed by atoms with van der Waals surface area (Å²) in [6.45, 7) is 7.38. The van der Waals surface area contributed by atoms with Gasteiger partial charge in [-0.25, -0.2) is 4.79 Å². The molecule has 7 nitrogen and oxygen atoms in total. The maximum Gasteiger partial charge on any atom is 0.407 e. The lowest BCUT2D eigenvalue weighted by Gasteiger charge is -2.19. The van der Waals surface area contributed by atoms with Crippen LogP contribution in [0.3, 0.4) is 0 Å². The SMILES string of the molecule is Cc1ccc(C(=O)Nc2ccccc2NC(=O)CCNC(=O)OC(C)(C)C)cc1. The number of anilines is 2. The summed E-state index contributed by atoms with van der Waals surface area (Å²) in [5.41, 5.74) is 1.97. The maximum atomic E-state index is 12.4. The van der Waals surface area contributed by atoms with Crippen molar-refractivity contribution in [3.05, 3.63) is 59.7 Å². The molecule has 0 aliphatic heterocycles. The second-order valence-electron chi connectivity index (χ2n) is 7.59. The molecule has 0 unspecified atom stereocenters. The summed E-state index contributed by atoms with van der Waals surface area (Å²) in [6.07, 6.45) is -0.504. The van der Waals surface area contributed by atoms with Crippen LogP contribution in [0.2, 0.25) is 0 Å². The van der Waals surface area contributed by atoms with Crippen molar-refractivity contribution in [3.63, 3.8) is 0 Å². The third-order valence-corrected chi connectivity index (χ3v) is 3.78. The van der Waals surface area contributed by atoms with E-state index < -0.39 is 11.7 Å². The predicted molar refractivity (Wildman–Crippen MR) is 113 cm³/mol. The van der Waals surface area contributed by atoms with Crippen molar-refractivity contribution < 1.29 is 19.1 Å². The highest BCUT2D eigenvalue weighted by molar-refractivity contribution is 6.07. The zero-order valence-electron chi connectivity index (χ0n) is 17.2. The molecule has 0 aromatic heterocycles. The summed E-state index contributed by atoms with van der Waals surface area (Å²) in [5, 5.41) is 8.10. The summed E-state index contributed by atoms with van der Waals surface area (Å²) >= 11 is 0. The first kappa shape index (κ1) is 21.9. The number of rotatable bonds is 6. The molecule has 0 atom stereocenters. The molecule has 0 saturated carbocycles. The molecular weight excluding hydrogens is 370 g/mol. The fourth-order valence-corrected chi connectivity index (χ4v) is 2.41. The lowest BCUT2D eigenvalue weighted by Crippen LogP contribution is -2.34. The molecule has 154 valence electrons. The number of amides is 3. The van der Waals surface area contributed by atoms with E-state index in [0.29, 0.717) is 16.9 Å². The second-order valence-corrected chi connectivity index (χ2v) is 7.59. The van der Waals surface area contributed by atoms with Gasteiger partial charge in [-0.15, -0.1) is 0 Å². The number of nitrogens with one attached hydrogen (secondary N) is 3. The number of carbonyl (C=O) groups excluding carboxylic acids is 3. The highest BCUT2D eigenvalue weighted by atomic mass is 16.6. The van der Waals surface area contributed by atoms with Gasteiger partial charge in [0.2, 0.25) is 5.91 Å². The van der Waals surface area contributed by atoms with Crippen LogP contribution in [0, 0.1) is 6.92 Å². The number of benzene rings is 2. The third-order valence-electron chi connectivity index (χ3n) is 3.78. The van der Waals surface area contributed by atoms with Crippen molar-refractivity contribution >= 4 is 29.3 Å². The Hall–Kier alpha value is -3.35. The van der Waals surface area contributed by atoms with E-state index in [4.69, 9.17) is 4.74 Å². The van der Waals surface area contributed by atoms with Crippen molar-refractivity contribution in [2.75, 3.05) is 17.2 Å². The Morgan fingerprint density at radius 3 is 2.07 bits per heavy atom. The third kappa shape index (κ3) is 7.65. The molecule has 0 aliphatic carbocycles. The molecule has 0 heterocycles. The smallest absolute Gasteiger partial charge is 0.407 e. The van der Waals surface area contributed by atoms with Gasteiger partial charge in [0.25, 0.3) is 5.91 Å². The van der Waals surface area contributed by atoms with Crippen LogP contribution in [0.4, 0.5) is 16.2 Å². The molecule has 0 radical (unpaired) electrons. The largest absolute Gasteiger partial charge is 0.444 e. The zero-order valence-corrected chi connectivity index (χ0v) is 17.2. The topological polar surface area (TPSA) is 96.5 Å². The second kappa shape index (κ2) is 9.73. The minimum absolute atomic E-state index is 0.0689. The van der Waals surface area contributed by atoms with Crippen LogP contribution in [0.15, 0.2) is 48.5 Å². The lowest BCUT2D eigenvalue weighted by atomic mass is 10.1. The van der Waals surface area contributed by atoms with Crippen molar-refractivity contribution in [2.24, 2.45) is 0 Å². The molecule has 0 aliphatic rings. The average Bonchev–Trinajstić information content (AvgIpc) is 2.62. The Bertz CT molecular complexity index is 870. The molecule has 2 aromatic rings. The van der Waals surface area contributed by atoms with E-state index >= 15 is 0 Å². The van der Waals surface area contributed by atoms with Gasteiger partial charge in [-0.1, -0.05) is 29.8 Å². The van der Waals surface area contributed by atoms with Crippen molar-refractivity contribution in [1.29, 1.82) is 0 Å². The number of aryl methyl sites for hydroxylation is 1. The van der Waals surface area contributed by atoms with Crippen LogP contribution >= 0.6 is 0 Å². The van der Waals surface area contributed by atoms with Gasteiger partial charge in [0.05, 0.1) is 11.4 Å². The zero-order chi connectivity index (χ0) is 21.4. The quantitative estimate of drug-likeness (QED) is 0.684. The molecule has 29 heavy (non-hydrogen) atoms. The monoisotopic (exact) mass is 397 g/mol. The van der Waals surface area contributed by atoms with Gasteiger partial charge in [-0.3, -0.25) is 9.59 Å². The van der Waals surface area contributed by atoms with Crippen LogP contribution in [0.5, 0.6) is 0 Å². The number of para-hydroxylation sites is 2. The number of carbonyl (C=O) groups is 3. The van der Waals surface area contributed by atoms with Crippen LogP contribution in [-0.4, -0.2) is 30.1 Å². The minimum Gasteiger partial charge on any atom is -0.444 e. The van der Waals surface area contributed by atoms with Gasteiger partial charge < -0.3 is 20.7 Å². The first-order valence-electron chi connectivity index (χ1n) is 9.38. The van der Waals surface area contributed by atoms with E-state index in [1.807, 2.05) is 19.1 Å². The first-order chi connectivity index (χ1) is 13.6. The van der Waals surface area contributed by atoms with Crippen LogP contribution in [-0.2, 0) is 9.53 Å². The Balaban J connectivity index is 1.91. The van der Waals surface area contributed by atoms with Gasteiger partial charge in [-0.05, 0) is 52.0 Å². The first-order valence-corrected chi connectivity index (χ1v) is 9.38. The average molecular weight is 397 g/mol. The Morgan fingerprint density at radius 1 is 0.897 bits per heavy atom. The van der Waals surface area contributed by atoms with Gasteiger partial charge in [-0.2, -0.15) is 0 Å². The van der Waals surface area contributed by atoms with Crippen molar-refractivity contribution in [1.82, 2.24) is 5.32 Å². The summed E-state index contributed by atoms with van der Waals surface area (Å²) < 4.78 is 5.12. The van der Waals surface area contributed by atoms with E-state index in [9.17, 15) is 14.4 Å². The van der Waals surface area contributed by atoms with Gasteiger partial charge >= 0.3 is 6.09 Å². The summed E-state index contributed by atoms with van der Waals surface area (Å²) in [4.78, 5) is 36.3. The van der Waals surface area contributed by atoms with Gasteiger partial charge in [0, 0.05) is 18.5 Å². The highest BCUT2D eigenvalue weighted by Crippen LogP contribution is 2.22. The van der Waals surface area contributed by atoms with Crippen LogP contribution in [0.1, 0.15) is 43.1 Å². The molecule has 0 spiro atoms. The Kier molecular flexibility index (Phi) is 7.36. The molecule has 0 fully saturated rings. The van der Waals surface area contributed by atoms with Crippen molar-refractivity contribution in [2.45, 2.75) is 39.7 Å². The molecule has 3 N–H and O–H groups in total. The Morgan fingerprint density at radius 2 is 1.48 bits per heavy atom. The highest BCUT2D eigenvalue weighted by Gasteiger charge is 2.16. The normalized spacial score (nSPS) is 10.8. The van der Waals surface area contributed by atoms with Gasteiger partial charge in [0.15, 0.2) is 0 Å². The van der Waals surface area contributed by atoms with E-state index in [1.165, 1.54) is 0 Å². The van der Waals surface area contributed by atoms with Gasteiger partial charge in [0.1, 0.15) is 5.60 Å².